The summed E-state index contributed by atoms with van der Waals surface area (Å²) in [6.07, 6.45) is 3.30. The van der Waals surface area contributed by atoms with E-state index in [1.165, 1.54) is 11.1 Å². The summed E-state index contributed by atoms with van der Waals surface area (Å²) < 4.78 is 5.14. The summed E-state index contributed by atoms with van der Waals surface area (Å²) in [6.45, 7) is 4.62. The van der Waals surface area contributed by atoms with Crippen LogP contribution in [-0.4, -0.2) is 12.6 Å². The SMILES string of the molecule is CCCCC(=O)OCCc1ccc(C)cc1. The molecule has 0 aliphatic rings. The van der Waals surface area contributed by atoms with Gasteiger partial charge in [0.1, 0.15) is 0 Å². The zero-order valence-electron chi connectivity index (χ0n) is 10.2. The van der Waals surface area contributed by atoms with Gasteiger partial charge in [-0.05, 0) is 18.9 Å². The lowest BCUT2D eigenvalue weighted by Crippen LogP contribution is -2.07. The molecule has 1 aromatic rings. The molecule has 1 aromatic carbocycles. The standard InChI is InChI=1S/C14H20O2/c1-3-4-5-14(15)16-11-10-13-8-6-12(2)7-9-13/h6-9H,3-5,10-11H2,1-2H3. The van der Waals surface area contributed by atoms with Crippen LogP contribution >= 0.6 is 0 Å². The first-order chi connectivity index (χ1) is 7.72. The summed E-state index contributed by atoms with van der Waals surface area (Å²) in [4.78, 5) is 11.2. The van der Waals surface area contributed by atoms with Gasteiger partial charge in [0.2, 0.25) is 0 Å². The smallest absolute Gasteiger partial charge is 0.305 e. The summed E-state index contributed by atoms with van der Waals surface area (Å²) in [7, 11) is 0. The summed E-state index contributed by atoms with van der Waals surface area (Å²) in [5.74, 6) is -0.0750. The van der Waals surface area contributed by atoms with Crippen LogP contribution in [0.4, 0.5) is 0 Å². The third-order valence-electron chi connectivity index (χ3n) is 2.51. The normalized spacial score (nSPS) is 10.1. The molecular weight excluding hydrogens is 200 g/mol. The first-order valence-electron chi connectivity index (χ1n) is 5.93. The topological polar surface area (TPSA) is 26.3 Å². The van der Waals surface area contributed by atoms with Crippen molar-refractivity contribution >= 4 is 5.97 Å². The van der Waals surface area contributed by atoms with E-state index in [9.17, 15) is 4.79 Å². The number of aryl methyl sites for hydroxylation is 1. The molecule has 2 heteroatoms. The van der Waals surface area contributed by atoms with Gasteiger partial charge in [0.25, 0.3) is 0 Å². The Bertz CT molecular complexity index is 314. The van der Waals surface area contributed by atoms with Gasteiger partial charge in [0.15, 0.2) is 0 Å². The van der Waals surface area contributed by atoms with E-state index in [0.717, 1.165) is 19.3 Å². The van der Waals surface area contributed by atoms with Crippen LogP contribution < -0.4 is 0 Å². The summed E-state index contributed by atoms with van der Waals surface area (Å²) in [5.41, 5.74) is 2.47. The maximum absolute atomic E-state index is 11.2. The van der Waals surface area contributed by atoms with E-state index in [4.69, 9.17) is 4.74 Å². The molecular formula is C14H20O2. The number of ether oxygens (including phenoxy) is 1. The highest BCUT2D eigenvalue weighted by Gasteiger charge is 2.01. The van der Waals surface area contributed by atoms with Gasteiger partial charge in [-0.1, -0.05) is 43.2 Å². The van der Waals surface area contributed by atoms with Crippen LogP contribution in [-0.2, 0) is 16.0 Å². The Labute approximate surface area is 97.6 Å². The van der Waals surface area contributed by atoms with Crippen molar-refractivity contribution in [1.82, 2.24) is 0 Å². The van der Waals surface area contributed by atoms with Gasteiger partial charge >= 0.3 is 5.97 Å². The molecule has 0 aromatic heterocycles. The Kier molecular flexibility index (Phi) is 5.62. The van der Waals surface area contributed by atoms with Crippen LogP contribution in [0.3, 0.4) is 0 Å². The van der Waals surface area contributed by atoms with Crippen molar-refractivity contribution < 1.29 is 9.53 Å². The summed E-state index contributed by atoms with van der Waals surface area (Å²) >= 11 is 0. The zero-order valence-corrected chi connectivity index (χ0v) is 10.2. The lowest BCUT2D eigenvalue weighted by Gasteiger charge is -2.04. The third kappa shape index (κ3) is 4.96. The van der Waals surface area contributed by atoms with Crippen molar-refractivity contribution in [1.29, 1.82) is 0 Å². The van der Waals surface area contributed by atoms with E-state index in [-0.39, 0.29) is 5.97 Å². The summed E-state index contributed by atoms with van der Waals surface area (Å²) in [5, 5.41) is 0. The zero-order chi connectivity index (χ0) is 11.8. The molecule has 0 N–H and O–H groups in total. The molecule has 0 radical (unpaired) electrons. The van der Waals surface area contributed by atoms with Crippen LogP contribution in [0.5, 0.6) is 0 Å². The second kappa shape index (κ2) is 7.04. The summed E-state index contributed by atoms with van der Waals surface area (Å²) in [6, 6.07) is 8.31. The molecule has 0 spiro atoms. The molecule has 88 valence electrons. The number of hydrogen-bond donors (Lipinski definition) is 0. The molecule has 1 rings (SSSR count). The Morgan fingerprint density at radius 3 is 2.56 bits per heavy atom. The minimum absolute atomic E-state index is 0.0750. The molecule has 0 bridgehead atoms. The maximum atomic E-state index is 11.2. The van der Waals surface area contributed by atoms with Crippen LogP contribution in [0.2, 0.25) is 0 Å². The van der Waals surface area contributed by atoms with Gasteiger partial charge in [-0.15, -0.1) is 0 Å². The molecule has 0 atom stereocenters. The highest BCUT2D eigenvalue weighted by Crippen LogP contribution is 2.04. The lowest BCUT2D eigenvalue weighted by atomic mass is 10.1. The number of benzene rings is 1. The monoisotopic (exact) mass is 220 g/mol. The van der Waals surface area contributed by atoms with Crippen LogP contribution in [0, 0.1) is 6.92 Å². The molecule has 0 fully saturated rings. The molecule has 0 unspecified atom stereocenters. The fraction of sp³-hybridized carbons (Fsp3) is 0.500. The van der Waals surface area contributed by atoms with Crippen LogP contribution in [0.15, 0.2) is 24.3 Å². The Morgan fingerprint density at radius 1 is 1.25 bits per heavy atom. The molecule has 0 amide bonds. The van der Waals surface area contributed by atoms with Crippen molar-refractivity contribution in [3.05, 3.63) is 35.4 Å². The van der Waals surface area contributed by atoms with Gasteiger partial charge in [-0.3, -0.25) is 4.79 Å². The average molecular weight is 220 g/mol. The van der Waals surface area contributed by atoms with E-state index in [0.29, 0.717) is 13.0 Å². The van der Waals surface area contributed by atoms with E-state index in [1.54, 1.807) is 0 Å². The molecule has 0 saturated heterocycles. The number of esters is 1. The van der Waals surface area contributed by atoms with Crippen molar-refractivity contribution in [2.45, 2.75) is 39.5 Å². The van der Waals surface area contributed by atoms with E-state index < -0.39 is 0 Å². The highest BCUT2D eigenvalue weighted by molar-refractivity contribution is 5.69. The van der Waals surface area contributed by atoms with E-state index in [1.807, 2.05) is 0 Å². The van der Waals surface area contributed by atoms with Gasteiger partial charge < -0.3 is 4.74 Å². The maximum Gasteiger partial charge on any atom is 0.305 e. The first kappa shape index (κ1) is 12.8. The minimum atomic E-state index is -0.0750. The first-order valence-corrected chi connectivity index (χ1v) is 5.93. The Balaban J connectivity index is 2.20. The molecule has 0 saturated carbocycles. The second-order valence-corrected chi connectivity index (χ2v) is 4.06. The second-order valence-electron chi connectivity index (χ2n) is 4.06. The minimum Gasteiger partial charge on any atom is -0.465 e. The fourth-order valence-electron chi connectivity index (χ4n) is 1.43. The molecule has 2 nitrogen and oxygen atoms in total. The lowest BCUT2D eigenvalue weighted by molar-refractivity contribution is -0.143. The number of rotatable bonds is 6. The van der Waals surface area contributed by atoms with Gasteiger partial charge in [0, 0.05) is 12.8 Å². The number of carbonyl (C=O) groups is 1. The largest absolute Gasteiger partial charge is 0.465 e. The predicted octanol–water partition coefficient (Wildman–Crippen LogP) is 3.27. The molecule has 0 aliphatic carbocycles. The van der Waals surface area contributed by atoms with Crippen molar-refractivity contribution in [3.63, 3.8) is 0 Å². The van der Waals surface area contributed by atoms with Crippen molar-refractivity contribution in [2.24, 2.45) is 0 Å². The molecule has 0 aliphatic heterocycles. The van der Waals surface area contributed by atoms with Gasteiger partial charge in [-0.2, -0.15) is 0 Å². The molecule has 0 heterocycles. The number of unbranched alkanes of at least 4 members (excludes halogenated alkanes) is 1. The quantitative estimate of drug-likeness (QED) is 0.688. The van der Waals surface area contributed by atoms with Crippen LogP contribution in [0.25, 0.3) is 0 Å². The highest BCUT2D eigenvalue weighted by atomic mass is 16.5. The Hall–Kier alpha value is -1.31. The van der Waals surface area contributed by atoms with E-state index >= 15 is 0 Å². The van der Waals surface area contributed by atoms with Gasteiger partial charge in [-0.25, -0.2) is 0 Å². The molecule has 16 heavy (non-hydrogen) atoms. The van der Waals surface area contributed by atoms with Crippen LogP contribution in [0.1, 0.15) is 37.3 Å². The fourth-order valence-corrected chi connectivity index (χ4v) is 1.43. The van der Waals surface area contributed by atoms with Crippen molar-refractivity contribution in [2.75, 3.05) is 6.61 Å². The average Bonchev–Trinajstić information content (AvgIpc) is 2.29. The van der Waals surface area contributed by atoms with Gasteiger partial charge in [0.05, 0.1) is 6.61 Å². The predicted molar refractivity (Wildman–Crippen MR) is 65.4 cm³/mol. The Morgan fingerprint density at radius 2 is 1.94 bits per heavy atom. The number of carbonyl (C=O) groups excluding carboxylic acids is 1. The number of hydrogen-bond acceptors (Lipinski definition) is 2. The van der Waals surface area contributed by atoms with Crippen molar-refractivity contribution in [3.8, 4) is 0 Å². The van der Waals surface area contributed by atoms with E-state index in [2.05, 4.69) is 38.1 Å². The third-order valence-corrected chi connectivity index (χ3v) is 2.51.